The molecule has 9 heteroatoms. The summed E-state index contributed by atoms with van der Waals surface area (Å²) in [5.74, 6) is 2.39. The van der Waals surface area contributed by atoms with Crippen molar-refractivity contribution in [3.8, 4) is 45.6 Å². The standard InChI is InChI=1S/C49H48O9/c1-53-47-31-34(13-23-45(47)51)8-7-26-56-40(30-35-14-24-46(52)48(32-35)54-2)33-55-28-29-58-39-21-17-37(18-22-39)49(36-15-19-38(20-16-36)57-27-25-50)43-11-5-3-9-41(43)42-10-4-6-12-44(42)49/h3-24,31-32,40,50-52H,25-30,33H2,1-2H3. The first-order chi connectivity index (χ1) is 28.4. The molecule has 3 N–H and O–H groups in total. The van der Waals surface area contributed by atoms with Gasteiger partial charge in [-0.25, -0.2) is 0 Å². The summed E-state index contributed by atoms with van der Waals surface area (Å²) >= 11 is 0. The topological polar surface area (TPSA) is 116 Å². The summed E-state index contributed by atoms with van der Waals surface area (Å²) in [4.78, 5) is 0. The molecule has 9 nitrogen and oxygen atoms in total. The van der Waals surface area contributed by atoms with Gasteiger partial charge in [0.05, 0.1) is 52.2 Å². The molecule has 0 radical (unpaired) electrons. The van der Waals surface area contributed by atoms with Crippen LogP contribution < -0.4 is 18.9 Å². The Balaban J connectivity index is 1.02. The third kappa shape index (κ3) is 8.67. The lowest BCUT2D eigenvalue weighted by atomic mass is 9.68. The molecule has 1 aliphatic carbocycles. The molecule has 0 spiro atoms. The van der Waals surface area contributed by atoms with Gasteiger partial charge in [-0.3, -0.25) is 0 Å². The Morgan fingerprint density at radius 1 is 0.621 bits per heavy atom. The molecule has 0 aliphatic heterocycles. The van der Waals surface area contributed by atoms with E-state index in [9.17, 15) is 15.3 Å². The van der Waals surface area contributed by atoms with Crippen molar-refractivity contribution in [1.29, 1.82) is 0 Å². The van der Waals surface area contributed by atoms with Gasteiger partial charge in [-0.15, -0.1) is 0 Å². The fraction of sp³-hybridized carbons (Fsp3) is 0.224. The number of phenols is 2. The zero-order valence-electron chi connectivity index (χ0n) is 32.7. The number of hydrogen-bond donors (Lipinski definition) is 3. The van der Waals surface area contributed by atoms with Crippen LogP contribution in [0.1, 0.15) is 33.4 Å². The third-order valence-electron chi connectivity index (χ3n) is 10.3. The van der Waals surface area contributed by atoms with E-state index in [-0.39, 0.29) is 30.8 Å². The molecule has 6 aromatic carbocycles. The van der Waals surface area contributed by atoms with Gasteiger partial charge in [0.1, 0.15) is 24.7 Å². The molecule has 0 aromatic heterocycles. The van der Waals surface area contributed by atoms with Crippen molar-refractivity contribution in [3.63, 3.8) is 0 Å². The molecule has 0 saturated heterocycles. The number of ether oxygens (including phenoxy) is 6. The van der Waals surface area contributed by atoms with Crippen LogP contribution in [-0.2, 0) is 21.3 Å². The molecule has 6 aromatic rings. The van der Waals surface area contributed by atoms with E-state index < -0.39 is 5.41 Å². The summed E-state index contributed by atoms with van der Waals surface area (Å²) in [5, 5.41) is 29.3. The second kappa shape index (κ2) is 18.8. The van der Waals surface area contributed by atoms with Crippen molar-refractivity contribution in [1.82, 2.24) is 0 Å². The van der Waals surface area contributed by atoms with E-state index in [0.29, 0.717) is 50.1 Å². The van der Waals surface area contributed by atoms with Gasteiger partial charge >= 0.3 is 0 Å². The minimum atomic E-state index is -0.563. The molecular formula is C49H48O9. The lowest BCUT2D eigenvalue weighted by Gasteiger charge is -2.34. The van der Waals surface area contributed by atoms with Crippen molar-refractivity contribution in [2.45, 2.75) is 17.9 Å². The Morgan fingerprint density at radius 3 is 1.79 bits per heavy atom. The maximum atomic E-state index is 10.1. The van der Waals surface area contributed by atoms with Crippen LogP contribution in [-0.4, -0.2) is 75.3 Å². The number of rotatable bonds is 19. The molecule has 0 saturated carbocycles. The fourth-order valence-electron chi connectivity index (χ4n) is 7.67. The quantitative estimate of drug-likeness (QED) is 0.0695. The summed E-state index contributed by atoms with van der Waals surface area (Å²) in [6.07, 6.45) is 4.04. The highest BCUT2D eigenvalue weighted by atomic mass is 16.5. The van der Waals surface area contributed by atoms with Crippen LogP contribution >= 0.6 is 0 Å². The number of benzene rings is 6. The number of aliphatic hydroxyl groups excluding tert-OH is 1. The first kappa shape index (κ1) is 40.0. The highest BCUT2D eigenvalue weighted by Crippen LogP contribution is 2.56. The number of hydrogen-bond acceptors (Lipinski definition) is 9. The average molecular weight is 781 g/mol. The number of aromatic hydroxyl groups is 2. The summed E-state index contributed by atoms with van der Waals surface area (Å²) < 4.78 is 34.8. The van der Waals surface area contributed by atoms with E-state index >= 15 is 0 Å². The number of fused-ring (bicyclic) bond motifs is 3. The Bertz CT molecular complexity index is 2250. The summed E-state index contributed by atoms with van der Waals surface area (Å²) in [6, 6.07) is 44.1. The van der Waals surface area contributed by atoms with Crippen LogP contribution in [0.5, 0.6) is 34.5 Å². The van der Waals surface area contributed by atoms with Crippen molar-refractivity contribution < 1.29 is 43.7 Å². The van der Waals surface area contributed by atoms with Gasteiger partial charge in [0.15, 0.2) is 23.0 Å². The normalized spacial score (nSPS) is 13.2. The Kier molecular flexibility index (Phi) is 12.9. The second-order valence-electron chi connectivity index (χ2n) is 13.9. The van der Waals surface area contributed by atoms with Crippen molar-refractivity contribution in [3.05, 3.63) is 173 Å². The van der Waals surface area contributed by atoms with E-state index in [1.807, 2.05) is 42.5 Å². The van der Waals surface area contributed by atoms with Gasteiger partial charge in [-0.05, 0) is 93.0 Å². The van der Waals surface area contributed by atoms with Gasteiger partial charge < -0.3 is 43.7 Å². The van der Waals surface area contributed by atoms with E-state index in [1.54, 1.807) is 30.3 Å². The van der Waals surface area contributed by atoms with Crippen molar-refractivity contribution in [2.75, 3.05) is 53.9 Å². The molecule has 0 bridgehead atoms. The lowest BCUT2D eigenvalue weighted by molar-refractivity contribution is -0.0115. The SMILES string of the molecule is COc1cc(C=CCOC(COCCOc2ccc(C3(c4ccc(OCCO)cc4)c4ccccc4-c4ccccc43)cc2)Cc2ccc(O)c(OC)c2)ccc1O. The highest BCUT2D eigenvalue weighted by Gasteiger charge is 2.45. The third-order valence-corrected chi connectivity index (χ3v) is 10.3. The predicted octanol–water partition coefficient (Wildman–Crippen LogP) is 8.59. The van der Waals surface area contributed by atoms with E-state index in [1.165, 1.54) is 36.5 Å². The van der Waals surface area contributed by atoms with Gasteiger partial charge in [0.2, 0.25) is 0 Å². The molecule has 0 heterocycles. The minimum Gasteiger partial charge on any atom is -0.504 e. The minimum absolute atomic E-state index is 0.0442. The second-order valence-corrected chi connectivity index (χ2v) is 13.9. The Morgan fingerprint density at radius 2 is 1.19 bits per heavy atom. The molecule has 1 unspecified atom stereocenters. The zero-order valence-corrected chi connectivity index (χ0v) is 32.7. The van der Waals surface area contributed by atoms with Gasteiger partial charge in [0.25, 0.3) is 0 Å². The molecule has 298 valence electrons. The Hall–Kier alpha value is -6.26. The number of phenolic OH excluding ortho intramolecular Hbond substituents is 2. The monoisotopic (exact) mass is 780 g/mol. The van der Waals surface area contributed by atoms with E-state index in [4.69, 9.17) is 28.4 Å². The molecule has 1 atom stereocenters. The first-order valence-electron chi connectivity index (χ1n) is 19.3. The van der Waals surface area contributed by atoms with Crippen LogP contribution in [0.3, 0.4) is 0 Å². The zero-order chi connectivity index (χ0) is 40.3. The van der Waals surface area contributed by atoms with Crippen LogP contribution in [0.25, 0.3) is 17.2 Å². The molecule has 7 rings (SSSR count). The average Bonchev–Trinajstić information content (AvgIpc) is 3.56. The molecule has 0 amide bonds. The lowest BCUT2D eigenvalue weighted by Crippen LogP contribution is -2.28. The summed E-state index contributed by atoms with van der Waals surface area (Å²) in [6.45, 7) is 1.53. The van der Waals surface area contributed by atoms with Gasteiger partial charge in [0, 0.05) is 6.42 Å². The van der Waals surface area contributed by atoms with E-state index in [0.717, 1.165) is 28.0 Å². The number of aliphatic hydroxyl groups is 1. The van der Waals surface area contributed by atoms with Crippen LogP contribution in [0.15, 0.2) is 140 Å². The summed E-state index contributed by atoms with van der Waals surface area (Å²) in [7, 11) is 3.04. The smallest absolute Gasteiger partial charge is 0.161 e. The maximum absolute atomic E-state index is 10.1. The van der Waals surface area contributed by atoms with Crippen molar-refractivity contribution in [2.24, 2.45) is 0 Å². The highest BCUT2D eigenvalue weighted by molar-refractivity contribution is 5.86. The van der Waals surface area contributed by atoms with E-state index in [2.05, 4.69) is 72.8 Å². The molecule has 1 aliphatic rings. The fourth-order valence-corrected chi connectivity index (χ4v) is 7.67. The summed E-state index contributed by atoms with van der Waals surface area (Å²) in [5.41, 5.74) is 8.29. The predicted molar refractivity (Wildman–Crippen MR) is 224 cm³/mol. The maximum Gasteiger partial charge on any atom is 0.161 e. The van der Waals surface area contributed by atoms with Crippen LogP contribution in [0, 0.1) is 0 Å². The van der Waals surface area contributed by atoms with Gasteiger partial charge in [-0.2, -0.15) is 0 Å². The van der Waals surface area contributed by atoms with Crippen LogP contribution in [0.4, 0.5) is 0 Å². The molecule has 0 fully saturated rings. The largest absolute Gasteiger partial charge is 0.504 e. The Labute approximate surface area is 339 Å². The molecular weight excluding hydrogens is 733 g/mol. The van der Waals surface area contributed by atoms with Crippen molar-refractivity contribution >= 4 is 6.08 Å². The number of methoxy groups -OCH3 is 2. The van der Waals surface area contributed by atoms with Gasteiger partial charge in [-0.1, -0.05) is 97.1 Å². The first-order valence-corrected chi connectivity index (χ1v) is 19.3. The van der Waals surface area contributed by atoms with Crippen LogP contribution in [0.2, 0.25) is 0 Å². The molecule has 58 heavy (non-hydrogen) atoms.